The predicted octanol–water partition coefficient (Wildman–Crippen LogP) is 3.30. The summed E-state index contributed by atoms with van der Waals surface area (Å²) < 4.78 is 1.15. The zero-order valence-corrected chi connectivity index (χ0v) is 12.8. The smallest absolute Gasteiger partial charge is 0.0382 e. The molecule has 0 radical (unpaired) electrons. The number of hydrogen-bond acceptors (Lipinski definition) is 2. The number of benzene rings is 1. The molecule has 2 nitrogen and oxygen atoms in total. The van der Waals surface area contributed by atoms with E-state index in [1.807, 2.05) is 7.05 Å². The maximum Gasteiger partial charge on any atom is 0.0382 e. The minimum absolute atomic E-state index is 0.463. The molecular formula is C14H23BrN2. The van der Waals surface area contributed by atoms with Crippen molar-refractivity contribution < 1.29 is 0 Å². The van der Waals surface area contributed by atoms with Crippen molar-refractivity contribution >= 4 is 15.9 Å². The zero-order chi connectivity index (χ0) is 12.8. The third-order valence-corrected chi connectivity index (χ3v) is 3.68. The van der Waals surface area contributed by atoms with Gasteiger partial charge in [-0.25, -0.2) is 0 Å². The molecule has 1 aromatic rings. The number of rotatable bonds is 6. The first-order chi connectivity index (χ1) is 8.10. The second-order valence-corrected chi connectivity index (χ2v) is 5.61. The summed E-state index contributed by atoms with van der Waals surface area (Å²) in [6, 6.07) is 9.10. The van der Waals surface area contributed by atoms with E-state index in [0.717, 1.165) is 11.0 Å². The van der Waals surface area contributed by atoms with E-state index in [-0.39, 0.29) is 0 Å². The van der Waals surface area contributed by atoms with Crippen LogP contribution in [0.3, 0.4) is 0 Å². The van der Waals surface area contributed by atoms with Gasteiger partial charge in [0, 0.05) is 10.5 Å². The van der Waals surface area contributed by atoms with E-state index in [4.69, 9.17) is 0 Å². The highest BCUT2D eigenvalue weighted by atomic mass is 79.9. The Kier molecular flexibility index (Phi) is 6.17. The maximum atomic E-state index is 3.56. The van der Waals surface area contributed by atoms with Crippen molar-refractivity contribution in [2.45, 2.75) is 19.4 Å². The second-order valence-electron chi connectivity index (χ2n) is 4.69. The average molecular weight is 299 g/mol. The van der Waals surface area contributed by atoms with Gasteiger partial charge in [-0.1, -0.05) is 41.4 Å². The Bertz CT molecular complexity index is 339. The summed E-state index contributed by atoms with van der Waals surface area (Å²) in [6.07, 6.45) is 1.18. The van der Waals surface area contributed by atoms with Crippen LogP contribution in [0.5, 0.6) is 0 Å². The van der Waals surface area contributed by atoms with E-state index in [0.29, 0.717) is 12.0 Å². The van der Waals surface area contributed by atoms with Crippen LogP contribution in [0.2, 0.25) is 0 Å². The molecule has 0 aromatic heterocycles. The maximum absolute atomic E-state index is 3.56. The standard InChI is InChI=1S/C14H23BrN2/c1-5-11(10-16-2)14(17(3)4)12-7-6-8-13(15)9-12/h6-9,11,14,16H,5,10H2,1-4H3. The van der Waals surface area contributed by atoms with E-state index in [9.17, 15) is 0 Å². The van der Waals surface area contributed by atoms with Crippen molar-refractivity contribution in [1.29, 1.82) is 0 Å². The molecule has 2 atom stereocenters. The SMILES string of the molecule is CCC(CNC)C(c1cccc(Br)c1)N(C)C. The van der Waals surface area contributed by atoms with Crippen LogP contribution in [-0.4, -0.2) is 32.6 Å². The van der Waals surface area contributed by atoms with Gasteiger partial charge in [-0.15, -0.1) is 0 Å². The molecule has 0 aliphatic carbocycles. The third-order valence-electron chi connectivity index (χ3n) is 3.18. The van der Waals surface area contributed by atoms with Crippen molar-refractivity contribution in [3.63, 3.8) is 0 Å². The summed E-state index contributed by atoms with van der Waals surface area (Å²) in [5.41, 5.74) is 1.38. The molecule has 96 valence electrons. The van der Waals surface area contributed by atoms with Crippen molar-refractivity contribution in [3.05, 3.63) is 34.3 Å². The van der Waals surface area contributed by atoms with Gasteiger partial charge in [-0.05, 0) is 51.3 Å². The van der Waals surface area contributed by atoms with Crippen molar-refractivity contribution in [2.75, 3.05) is 27.7 Å². The van der Waals surface area contributed by atoms with Crippen LogP contribution in [0.15, 0.2) is 28.7 Å². The lowest BCUT2D eigenvalue weighted by Crippen LogP contribution is -2.32. The predicted molar refractivity (Wildman–Crippen MR) is 78.3 cm³/mol. The molecule has 0 saturated heterocycles. The van der Waals surface area contributed by atoms with Crippen LogP contribution in [0, 0.1) is 5.92 Å². The molecule has 3 heteroatoms. The highest BCUT2D eigenvalue weighted by Gasteiger charge is 2.23. The Balaban J connectivity index is 2.99. The minimum atomic E-state index is 0.463. The lowest BCUT2D eigenvalue weighted by Gasteiger charge is -2.32. The summed E-state index contributed by atoms with van der Waals surface area (Å²) >= 11 is 3.56. The molecule has 2 unspecified atom stereocenters. The number of nitrogens with zero attached hydrogens (tertiary/aromatic N) is 1. The molecule has 1 N–H and O–H groups in total. The van der Waals surface area contributed by atoms with E-state index in [2.05, 4.69) is 71.4 Å². The molecule has 0 bridgehead atoms. The molecule has 0 fully saturated rings. The monoisotopic (exact) mass is 298 g/mol. The molecule has 1 aromatic carbocycles. The summed E-state index contributed by atoms with van der Waals surface area (Å²) in [7, 11) is 6.34. The van der Waals surface area contributed by atoms with Gasteiger partial charge < -0.3 is 10.2 Å². The zero-order valence-electron chi connectivity index (χ0n) is 11.2. The topological polar surface area (TPSA) is 15.3 Å². The molecule has 0 aliphatic heterocycles. The highest BCUT2D eigenvalue weighted by Crippen LogP contribution is 2.30. The van der Waals surface area contributed by atoms with Gasteiger partial charge in [-0.3, -0.25) is 0 Å². The van der Waals surface area contributed by atoms with Crippen LogP contribution in [0.25, 0.3) is 0 Å². The van der Waals surface area contributed by atoms with E-state index in [1.165, 1.54) is 12.0 Å². The van der Waals surface area contributed by atoms with Gasteiger partial charge in [0.1, 0.15) is 0 Å². The molecular weight excluding hydrogens is 276 g/mol. The average Bonchev–Trinajstić information content (AvgIpc) is 2.28. The fraction of sp³-hybridized carbons (Fsp3) is 0.571. The molecule has 0 aliphatic rings. The van der Waals surface area contributed by atoms with Gasteiger partial charge in [0.25, 0.3) is 0 Å². The van der Waals surface area contributed by atoms with Crippen molar-refractivity contribution in [3.8, 4) is 0 Å². The van der Waals surface area contributed by atoms with Gasteiger partial charge in [0.05, 0.1) is 0 Å². The largest absolute Gasteiger partial charge is 0.319 e. The van der Waals surface area contributed by atoms with Crippen LogP contribution < -0.4 is 5.32 Å². The summed E-state index contributed by atoms with van der Waals surface area (Å²) in [4.78, 5) is 2.31. The van der Waals surface area contributed by atoms with Crippen molar-refractivity contribution in [1.82, 2.24) is 10.2 Å². The molecule has 1 rings (SSSR count). The lowest BCUT2D eigenvalue weighted by molar-refractivity contribution is 0.204. The van der Waals surface area contributed by atoms with Gasteiger partial charge in [-0.2, -0.15) is 0 Å². The molecule has 0 saturated carbocycles. The Morgan fingerprint density at radius 2 is 2.06 bits per heavy atom. The fourth-order valence-corrected chi connectivity index (χ4v) is 2.84. The lowest BCUT2D eigenvalue weighted by atomic mass is 9.90. The van der Waals surface area contributed by atoms with Gasteiger partial charge in [0.15, 0.2) is 0 Å². The number of halogens is 1. The van der Waals surface area contributed by atoms with Gasteiger partial charge >= 0.3 is 0 Å². The van der Waals surface area contributed by atoms with Crippen LogP contribution in [0.4, 0.5) is 0 Å². The summed E-state index contributed by atoms with van der Waals surface area (Å²) in [5, 5.41) is 3.30. The van der Waals surface area contributed by atoms with E-state index >= 15 is 0 Å². The summed E-state index contributed by atoms with van der Waals surface area (Å²) in [5.74, 6) is 0.629. The van der Waals surface area contributed by atoms with E-state index < -0.39 is 0 Å². The first kappa shape index (κ1) is 14.7. The first-order valence-corrected chi connectivity index (χ1v) is 6.96. The van der Waals surface area contributed by atoms with Crippen molar-refractivity contribution in [2.24, 2.45) is 5.92 Å². The van der Waals surface area contributed by atoms with E-state index in [1.54, 1.807) is 0 Å². The fourth-order valence-electron chi connectivity index (χ4n) is 2.42. The number of hydrogen-bond donors (Lipinski definition) is 1. The van der Waals surface area contributed by atoms with Crippen LogP contribution in [-0.2, 0) is 0 Å². The molecule has 0 amide bonds. The van der Waals surface area contributed by atoms with Crippen LogP contribution >= 0.6 is 15.9 Å². The Labute approximate surface area is 114 Å². The molecule has 17 heavy (non-hydrogen) atoms. The highest BCUT2D eigenvalue weighted by molar-refractivity contribution is 9.10. The normalized spacial score (nSPS) is 14.9. The third kappa shape index (κ3) is 4.09. The quantitative estimate of drug-likeness (QED) is 0.867. The summed E-state index contributed by atoms with van der Waals surface area (Å²) in [6.45, 7) is 3.31. The first-order valence-electron chi connectivity index (χ1n) is 6.16. The second kappa shape index (κ2) is 7.14. The Hall–Kier alpha value is -0.380. The molecule has 0 spiro atoms. The van der Waals surface area contributed by atoms with Crippen LogP contribution in [0.1, 0.15) is 24.9 Å². The minimum Gasteiger partial charge on any atom is -0.319 e. The Morgan fingerprint density at radius 1 is 1.35 bits per heavy atom. The molecule has 0 heterocycles. The number of nitrogens with one attached hydrogen (secondary N) is 1. The Morgan fingerprint density at radius 3 is 2.53 bits per heavy atom. The van der Waals surface area contributed by atoms with Gasteiger partial charge in [0.2, 0.25) is 0 Å².